The molecule has 0 bridgehead atoms. The smallest absolute Gasteiger partial charge is 0.220 e. The van der Waals surface area contributed by atoms with Gasteiger partial charge < -0.3 is 10.6 Å². The number of nitrogens with one attached hydrogen (secondary N) is 2. The van der Waals surface area contributed by atoms with Crippen molar-refractivity contribution in [2.75, 3.05) is 11.9 Å². The minimum atomic E-state index is 0.111. The Labute approximate surface area is 93.0 Å². The second kappa shape index (κ2) is 4.49. The van der Waals surface area contributed by atoms with Crippen molar-refractivity contribution in [1.29, 1.82) is 0 Å². The molecule has 0 radical (unpaired) electrons. The molecule has 0 aromatic carbocycles. The molecule has 80 valence electrons. The van der Waals surface area contributed by atoms with E-state index in [1.807, 2.05) is 0 Å². The van der Waals surface area contributed by atoms with Crippen LogP contribution < -0.4 is 10.6 Å². The van der Waals surface area contributed by atoms with E-state index >= 15 is 0 Å². The number of hydrogen-bond donors (Lipinski definition) is 2. The highest BCUT2D eigenvalue weighted by molar-refractivity contribution is 6.32. The molecule has 1 unspecified atom stereocenters. The molecule has 1 atom stereocenters. The highest BCUT2D eigenvalue weighted by Crippen LogP contribution is 2.19. The van der Waals surface area contributed by atoms with E-state index in [1.165, 1.54) is 0 Å². The number of aromatic nitrogens is 1. The number of anilines is 1. The summed E-state index contributed by atoms with van der Waals surface area (Å²) in [6.45, 7) is 0.631. The minimum Gasteiger partial charge on any atom is -0.364 e. The second-order valence-corrected chi connectivity index (χ2v) is 3.93. The minimum absolute atomic E-state index is 0.111. The Kier molecular flexibility index (Phi) is 3.06. The first kappa shape index (κ1) is 10.2. The standard InChI is InChI=1S/C10H12ClN3O/c11-8-2-1-5-12-10(8)14-7-3-4-9(15)13-6-7/h1-2,5,7H,3-4,6H2,(H,12,14)(H,13,15). The van der Waals surface area contributed by atoms with E-state index in [4.69, 9.17) is 11.6 Å². The Morgan fingerprint density at radius 2 is 2.47 bits per heavy atom. The van der Waals surface area contributed by atoms with Gasteiger partial charge in [0.2, 0.25) is 5.91 Å². The number of piperidine rings is 1. The molecule has 5 heteroatoms. The average molecular weight is 226 g/mol. The zero-order chi connectivity index (χ0) is 10.7. The molecule has 1 aromatic rings. The highest BCUT2D eigenvalue weighted by atomic mass is 35.5. The maximum absolute atomic E-state index is 10.9. The molecule has 1 aliphatic heterocycles. The zero-order valence-electron chi connectivity index (χ0n) is 8.16. The normalized spacial score (nSPS) is 20.9. The molecule has 1 aliphatic rings. The first-order chi connectivity index (χ1) is 7.25. The van der Waals surface area contributed by atoms with Crippen LogP contribution in [0.3, 0.4) is 0 Å². The van der Waals surface area contributed by atoms with Gasteiger partial charge in [0.05, 0.1) is 5.02 Å². The summed E-state index contributed by atoms with van der Waals surface area (Å²) in [4.78, 5) is 15.1. The van der Waals surface area contributed by atoms with Crippen LogP contribution in [0, 0.1) is 0 Å². The summed E-state index contributed by atoms with van der Waals surface area (Å²) >= 11 is 5.96. The van der Waals surface area contributed by atoms with Crippen molar-refractivity contribution in [2.24, 2.45) is 0 Å². The summed E-state index contributed by atoms with van der Waals surface area (Å²) in [6, 6.07) is 3.80. The maximum Gasteiger partial charge on any atom is 0.220 e. The lowest BCUT2D eigenvalue weighted by Crippen LogP contribution is -2.42. The van der Waals surface area contributed by atoms with Gasteiger partial charge in [0.25, 0.3) is 0 Å². The van der Waals surface area contributed by atoms with Crippen LogP contribution in [0.25, 0.3) is 0 Å². The lowest BCUT2D eigenvalue weighted by Gasteiger charge is -2.24. The number of carbonyl (C=O) groups excluding carboxylic acids is 1. The topological polar surface area (TPSA) is 54.0 Å². The largest absolute Gasteiger partial charge is 0.364 e. The maximum atomic E-state index is 10.9. The Morgan fingerprint density at radius 1 is 1.60 bits per heavy atom. The summed E-state index contributed by atoms with van der Waals surface area (Å²) < 4.78 is 0. The Hall–Kier alpha value is -1.29. The molecule has 0 saturated carbocycles. The number of nitrogens with zero attached hydrogens (tertiary/aromatic N) is 1. The molecular formula is C10H12ClN3O. The van der Waals surface area contributed by atoms with Crippen molar-refractivity contribution in [3.63, 3.8) is 0 Å². The summed E-state index contributed by atoms with van der Waals surface area (Å²) in [7, 11) is 0. The van der Waals surface area contributed by atoms with E-state index < -0.39 is 0 Å². The number of carbonyl (C=O) groups is 1. The van der Waals surface area contributed by atoms with Crippen molar-refractivity contribution >= 4 is 23.3 Å². The van der Waals surface area contributed by atoms with Gasteiger partial charge in [0.1, 0.15) is 5.82 Å². The summed E-state index contributed by atoms with van der Waals surface area (Å²) in [5, 5.41) is 6.62. The number of amides is 1. The van der Waals surface area contributed by atoms with Crippen molar-refractivity contribution in [3.05, 3.63) is 23.4 Å². The fourth-order valence-electron chi connectivity index (χ4n) is 1.54. The van der Waals surface area contributed by atoms with Gasteiger partial charge in [-0.1, -0.05) is 11.6 Å². The fraction of sp³-hybridized carbons (Fsp3) is 0.400. The number of rotatable bonds is 2. The van der Waals surface area contributed by atoms with Crippen LogP contribution in [-0.2, 0) is 4.79 Å². The Morgan fingerprint density at radius 3 is 3.13 bits per heavy atom. The van der Waals surface area contributed by atoms with Crippen LogP contribution in [0.15, 0.2) is 18.3 Å². The van der Waals surface area contributed by atoms with E-state index in [-0.39, 0.29) is 11.9 Å². The molecule has 2 N–H and O–H groups in total. The Balaban J connectivity index is 1.97. The van der Waals surface area contributed by atoms with Gasteiger partial charge in [0, 0.05) is 25.2 Å². The predicted octanol–water partition coefficient (Wildman–Crippen LogP) is 1.43. The zero-order valence-corrected chi connectivity index (χ0v) is 8.92. The van der Waals surface area contributed by atoms with E-state index in [9.17, 15) is 4.79 Å². The van der Waals surface area contributed by atoms with Crippen LogP contribution in [-0.4, -0.2) is 23.5 Å². The van der Waals surface area contributed by atoms with Gasteiger partial charge in [-0.3, -0.25) is 4.79 Å². The third kappa shape index (κ3) is 2.59. The first-order valence-corrected chi connectivity index (χ1v) is 5.27. The van der Waals surface area contributed by atoms with E-state index in [1.54, 1.807) is 18.3 Å². The molecule has 1 saturated heterocycles. The van der Waals surface area contributed by atoms with Gasteiger partial charge in [-0.2, -0.15) is 0 Å². The molecule has 0 spiro atoms. The average Bonchev–Trinajstić information content (AvgIpc) is 2.25. The van der Waals surface area contributed by atoms with Gasteiger partial charge >= 0.3 is 0 Å². The first-order valence-electron chi connectivity index (χ1n) is 4.89. The van der Waals surface area contributed by atoms with Gasteiger partial charge in [-0.25, -0.2) is 4.98 Å². The molecule has 4 nitrogen and oxygen atoms in total. The predicted molar refractivity (Wildman–Crippen MR) is 58.9 cm³/mol. The van der Waals surface area contributed by atoms with Gasteiger partial charge in [-0.05, 0) is 18.6 Å². The third-order valence-corrected chi connectivity index (χ3v) is 2.67. The third-order valence-electron chi connectivity index (χ3n) is 2.36. The second-order valence-electron chi connectivity index (χ2n) is 3.52. The number of pyridine rings is 1. The van der Waals surface area contributed by atoms with Crippen molar-refractivity contribution in [3.8, 4) is 0 Å². The van der Waals surface area contributed by atoms with Crippen LogP contribution in [0.4, 0.5) is 5.82 Å². The van der Waals surface area contributed by atoms with Gasteiger partial charge in [-0.15, -0.1) is 0 Å². The molecule has 1 amide bonds. The van der Waals surface area contributed by atoms with Crippen LogP contribution in [0.2, 0.25) is 5.02 Å². The van der Waals surface area contributed by atoms with E-state index in [0.29, 0.717) is 23.8 Å². The monoisotopic (exact) mass is 225 g/mol. The molecule has 1 fully saturated rings. The van der Waals surface area contributed by atoms with Crippen molar-refractivity contribution in [2.45, 2.75) is 18.9 Å². The summed E-state index contributed by atoms with van der Waals surface area (Å²) in [5.41, 5.74) is 0. The summed E-state index contributed by atoms with van der Waals surface area (Å²) in [6.07, 6.45) is 3.07. The van der Waals surface area contributed by atoms with Gasteiger partial charge in [0.15, 0.2) is 0 Å². The molecule has 0 aliphatic carbocycles. The molecular weight excluding hydrogens is 214 g/mol. The molecule has 2 rings (SSSR count). The van der Waals surface area contributed by atoms with E-state index in [2.05, 4.69) is 15.6 Å². The van der Waals surface area contributed by atoms with Crippen molar-refractivity contribution in [1.82, 2.24) is 10.3 Å². The Bertz CT molecular complexity index is 359. The SMILES string of the molecule is O=C1CCC(Nc2ncccc2Cl)CN1. The lowest BCUT2D eigenvalue weighted by atomic mass is 10.1. The van der Waals surface area contributed by atoms with Crippen LogP contribution in [0.5, 0.6) is 0 Å². The lowest BCUT2D eigenvalue weighted by molar-refractivity contribution is -0.122. The number of hydrogen-bond acceptors (Lipinski definition) is 3. The van der Waals surface area contributed by atoms with Crippen LogP contribution >= 0.6 is 11.6 Å². The number of halogens is 1. The molecule has 15 heavy (non-hydrogen) atoms. The fourth-order valence-corrected chi connectivity index (χ4v) is 1.72. The summed E-state index contributed by atoms with van der Waals surface area (Å²) in [5.74, 6) is 0.792. The molecule has 2 heterocycles. The molecule has 1 aromatic heterocycles. The quantitative estimate of drug-likeness (QED) is 0.801. The van der Waals surface area contributed by atoms with Crippen LogP contribution in [0.1, 0.15) is 12.8 Å². The highest BCUT2D eigenvalue weighted by Gasteiger charge is 2.18. The van der Waals surface area contributed by atoms with E-state index in [0.717, 1.165) is 6.42 Å². The van der Waals surface area contributed by atoms with Crippen molar-refractivity contribution < 1.29 is 4.79 Å².